The number of hydrogen-bond acceptors (Lipinski definition) is 6. The molecule has 114 valence electrons. The summed E-state index contributed by atoms with van der Waals surface area (Å²) in [7, 11) is -3.61. The van der Waals surface area contributed by atoms with Crippen molar-refractivity contribution in [1.82, 2.24) is 4.98 Å². The monoisotopic (exact) mass is 335 g/mol. The van der Waals surface area contributed by atoms with Crippen molar-refractivity contribution in [2.24, 2.45) is 0 Å². The standard InChI is InChI=1S/C12H11F2NO4S2/c1-21(16,17)19-8-4-5-9-10(7-8)18-12(15-9)20-6-2-3-11(13)14/h3-5,7H,2,6H2,1H3. The molecule has 0 aliphatic carbocycles. The number of allylic oxidation sites excluding steroid dienone is 1. The predicted molar refractivity (Wildman–Crippen MR) is 75.1 cm³/mol. The van der Waals surface area contributed by atoms with Crippen molar-refractivity contribution in [3.8, 4) is 5.75 Å². The summed E-state index contributed by atoms with van der Waals surface area (Å²) in [6.45, 7) is 0. The van der Waals surface area contributed by atoms with Crippen molar-refractivity contribution in [3.05, 3.63) is 30.4 Å². The van der Waals surface area contributed by atoms with Crippen molar-refractivity contribution in [1.29, 1.82) is 0 Å². The van der Waals surface area contributed by atoms with E-state index in [1.807, 2.05) is 0 Å². The van der Waals surface area contributed by atoms with Gasteiger partial charge >= 0.3 is 10.1 Å². The fraction of sp³-hybridized carbons (Fsp3) is 0.250. The summed E-state index contributed by atoms with van der Waals surface area (Å²) in [5, 5.41) is 0.328. The van der Waals surface area contributed by atoms with E-state index in [-0.39, 0.29) is 12.2 Å². The first-order valence-corrected chi connectivity index (χ1v) is 8.58. The topological polar surface area (TPSA) is 69.4 Å². The van der Waals surface area contributed by atoms with Crippen molar-refractivity contribution in [2.75, 3.05) is 12.0 Å². The lowest BCUT2D eigenvalue weighted by Gasteiger charge is -2.00. The Morgan fingerprint density at radius 2 is 2.24 bits per heavy atom. The average Bonchev–Trinajstić information content (AvgIpc) is 2.74. The first kappa shape index (κ1) is 15.8. The predicted octanol–water partition coefficient (Wildman–Crippen LogP) is 3.43. The molecule has 1 aromatic carbocycles. The van der Waals surface area contributed by atoms with Crippen LogP contribution in [-0.4, -0.2) is 25.4 Å². The Bertz CT molecular complexity index is 767. The summed E-state index contributed by atoms with van der Waals surface area (Å²) in [4.78, 5) is 4.15. The second kappa shape index (κ2) is 6.44. The second-order valence-corrected chi connectivity index (χ2v) is 6.65. The van der Waals surface area contributed by atoms with E-state index in [0.29, 0.717) is 22.1 Å². The highest BCUT2D eigenvalue weighted by Crippen LogP contribution is 2.27. The smallest absolute Gasteiger partial charge is 0.306 e. The lowest BCUT2D eigenvalue weighted by atomic mass is 10.3. The number of nitrogens with zero attached hydrogens (tertiary/aromatic N) is 1. The Kier molecular flexibility index (Phi) is 4.84. The first-order valence-electron chi connectivity index (χ1n) is 5.77. The van der Waals surface area contributed by atoms with Crippen LogP contribution in [0.15, 0.2) is 40.0 Å². The van der Waals surface area contributed by atoms with Gasteiger partial charge in [0.05, 0.1) is 6.26 Å². The molecule has 0 saturated heterocycles. The van der Waals surface area contributed by atoms with E-state index in [1.165, 1.54) is 23.9 Å². The molecule has 1 aromatic heterocycles. The number of halogens is 2. The fourth-order valence-corrected chi connectivity index (χ4v) is 2.66. The largest absolute Gasteiger partial charge is 0.431 e. The summed E-state index contributed by atoms with van der Waals surface area (Å²) in [6.07, 6.45) is 0.258. The van der Waals surface area contributed by atoms with E-state index >= 15 is 0 Å². The molecule has 1 heterocycles. The van der Waals surface area contributed by atoms with E-state index in [0.717, 1.165) is 12.3 Å². The lowest BCUT2D eigenvalue weighted by Crippen LogP contribution is -2.05. The molecular formula is C12H11F2NO4S2. The van der Waals surface area contributed by atoms with Crippen LogP contribution in [0, 0.1) is 0 Å². The molecule has 21 heavy (non-hydrogen) atoms. The molecule has 0 spiro atoms. The maximum absolute atomic E-state index is 11.9. The maximum Gasteiger partial charge on any atom is 0.306 e. The van der Waals surface area contributed by atoms with Gasteiger partial charge in [-0.2, -0.15) is 17.2 Å². The summed E-state index contributed by atoms with van der Waals surface area (Å²) in [5.74, 6) is 0.525. The normalized spacial score (nSPS) is 11.6. The van der Waals surface area contributed by atoms with Gasteiger partial charge in [0.1, 0.15) is 11.3 Å². The highest BCUT2D eigenvalue weighted by molar-refractivity contribution is 7.99. The number of oxazole rings is 1. The Labute approximate surface area is 124 Å². The van der Waals surface area contributed by atoms with Gasteiger partial charge in [0.15, 0.2) is 5.58 Å². The molecule has 0 radical (unpaired) electrons. The van der Waals surface area contributed by atoms with Crippen molar-refractivity contribution in [3.63, 3.8) is 0 Å². The van der Waals surface area contributed by atoms with Crippen LogP contribution in [0.3, 0.4) is 0 Å². The molecule has 2 rings (SSSR count). The van der Waals surface area contributed by atoms with Crippen LogP contribution in [0.25, 0.3) is 11.1 Å². The Morgan fingerprint density at radius 3 is 2.90 bits per heavy atom. The van der Waals surface area contributed by atoms with Gasteiger partial charge in [0.25, 0.3) is 11.3 Å². The summed E-state index contributed by atoms with van der Waals surface area (Å²) >= 11 is 1.19. The van der Waals surface area contributed by atoms with Crippen LogP contribution in [-0.2, 0) is 10.1 Å². The van der Waals surface area contributed by atoms with Gasteiger partial charge in [-0.1, -0.05) is 11.8 Å². The summed E-state index contributed by atoms with van der Waals surface area (Å²) in [6, 6.07) is 4.43. The SMILES string of the molecule is CS(=O)(=O)Oc1ccc2nc(SCCC=C(F)F)oc2c1. The van der Waals surface area contributed by atoms with E-state index in [9.17, 15) is 17.2 Å². The van der Waals surface area contributed by atoms with Gasteiger partial charge < -0.3 is 8.60 Å². The van der Waals surface area contributed by atoms with Crippen molar-refractivity contribution >= 4 is 33.0 Å². The quantitative estimate of drug-likeness (QED) is 0.458. The van der Waals surface area contributed by atoms with Gasteiger partial charge in [0, 0.05) is 11.8 Å². The van der Waals surface area contributed by atoms with Crippen molar-refractivity contribution < 1.29 is 25.8 Å². The molecule has 5 nitrogen and oxygen atoms in total. The van der Waals surface area contributed by atoms with Gasteiger partial charge in [-0.05, 0) is 24.6 Å². The lowest BCUT2D eigenvalue weighted by molar-refractivity contribution is 0.418. The molecule has 0 aliphatic heterocycles. The van der Waals surface area contributed by atoms with Gasteiger partial charge in [-0.3, -0.25) is 0 Å². The summed E-state index contributed by atoms with van der Waals surface area (Å²) in [5.41, 5.74) is 0.899. The molecule has 0 amide bonds. The van der Waals surface area contributed by atoms with E-state index in [1.54, 1.807) is 6.07 Å². The molecule has 0 bridgehead atoms. The van der Waals surface area contributed by atoms with E-state index < -0.39 is 16.2 Å². The number of thioether (sulfide) groups is 1. The second-order valence-electron chi connectivity index (χ2n) is 4.03. The van der Waals surface area contributed by atoms with Crippen LogP contribution in [0.4, 0.5) is 8.78 Å². The van der Waals surface area contributed by atoms with Crippen LogP contribution in [0.2, 0.25) is 0 Å². The molecule has 0 unspecified atom stereocenters. The molecule has 0 aliphatic rings. The third-order valence-corrected chi connectivity index (χ3v) is 3.59. The maximum atomic E-state index is 11.9. The third kappa shape index (κ3) is 5.01. The number of hydrogen-bond donors (Lipinski definition) is 0. The number of fused-ring (bicyclic) bond motifs is 1. The van der Waals surface area contributed by atoms with Crippen LogP contribution in [0.5, 0.6) is 5.75 Å². The molecular weight excluding hydrogens is 324 g/mol. The molecule has 0 fully saturated rings. The highest BCUT2D eigenvalue weighted by atomic mass is 32.2. The number of aromatic nitrogens is 1. The first-order chi connectivity index (χ1) is 9.83. The van der Waals surface area contributed by atoms with Crippen LogP contribution >= 0.6 is 11.8 Å². The Morgan fingerprint density at radius 1 is 1.48 bits per heavy atom. The summed E-state index contributed by atoms with van der Waals surface area (Å²) < 4.78 is 55.9. The van der Waals surface area contributed by atoms with E-state index in [2.05, 4.69) is 4.98 Å². The molecule has 0 N–H and O–H groups in total. The minimum atomic E-state index is -3.61. The molecule has 0 atom stereocenters. The minimum absolute atomic E-state index is 0.125. The van der Waals surface area contributed by atoms with Crippen LogP contribution in [0.1, 0.15) is 6.42 Å². The van der Waals surface area contributed by atoms with Gasteiger partial charge in [-0.25, -0.2) is 4.98 Å². The van der Waals surface area contributed by atoms with Crippen molar-refractivity contribution in [2.45, 2.75) is 11.6 Å². The average molecular weight is 335 g/mol. The fourth-order valence-electron chi connectivity index (χ4n) is 1.49. The van der Waals surface area contributed by atoms with Crippen LogP contribution < -0.4 is 4.18 Å². The van der Waals surface area contributed by atoms with Gasteiger partial charge in [0.2, 0.25) is 0 Å². The molecule has 2 aromatic rings. The zero-order valence-corrected chi connectivity index (χ0v) is 12.5. The zero-order chi connectivity index (χ0) is 15.5. The number of rotatable bonds is 6. The third-order valence-electron chi connectivity index (χ3n) is 2.23. The van der Waals surface area contributed by atoms with Gasteiger partial charge in [-0.15, -0.1) is 0 Å². The number of benzene rings is 1. The zero-order valence-electron chi connectivity index (χ0n) is 10.9. The highest BCUT2D eigenvalue weighted by Gasteiger charge is 2.10. The minimum Gasteiger partial charge on any atom is -0.431 e. The Hall–Kier alpha value is -1.61. The molecule has 0 saturated carbocycles. The Balaban J connectivity index is 2.09. The van der Waals surface area contributed by atoms with E-state index in [4.69, 9.17) is 8.60 Å². The molecule has 9 heteroatoms.